The molecule has 102 valence electrons. The average Bonchev–Trinajstić information content (AvgIpc) is 2.34. The van der Waals surface area contributed by atoms with Crippen LogP contribution in [0.15, 0.2) is 0 Å². The Hall–Kier alpha value is -0.0800. The molecular weight excluding hydrogens is 208 g/mol. The van der Waals surface area contributed by atoms with Crippen LogP contribution in [-0.4, -0.2) is 37.1 Å². The molecule has 0 aromatic carbocycles. The van der Waals surface area contributed by atoms with Gasteiger partial charge in [0.15, 0.2) is 0 Å². The zero-order chi connectivity index (χ0) is 12.7. The number of nitrogens with zero attached hydrogens (tertiary/aromatic N) is 1. The summed E-state index contributed by atoms with van der Waals surface area (Å²) >= 11 is 0. The minimum atomic E-state index is 0.736. The maximum Gasteiger partial charge on any atom is 0.0114 e. The summed E-state index contributed by atoms with van der Waals surface area (Å²) in [6.07, 6.45) is 8.17. The van der Waals surface area contributed by atoms with Crippen molar-refractivity contribution in [1.29, 1.82) is 0 Å². The van der Waals surface area contributed by atoms with E-state index in [1.807, 2.05) is 0 Å². The van der Waals surface area contributed by atoms with Crippen LogP contribution in [0.5, 0.6) is 0 Å². The number of piperidine rings is 1. The Balaban J connectivity index is 2.45. The van der Waals surface area contributed by atoms with E-state index in [9.17, 15) is 0 Å². The molecule has 1 aliphatic heterocycles. The van der Waals surface area contributed by atoms with Gasteiger partial charge in [0.2, 0.25) is 0 Å². The van der Waals surface area contributed by atoms with Gasteiger partial charge in [-0.1, -0.05) is 40.0 Å². The van der Waals surface area contributed by atoms with E-state index in [-0.39, 0.29) is 0 Å². The van der Waals surface area contributed by atoms with E-state index in [2.05, 4.69) is 38.0 Å². The fourth-order valence-corrected chi connectivity index (χ4v) is 3.22. The van der Waals surface area contributed by atoms with Gasteiger partial charge in [0.1, 0.15) is 0 Å². The highest BCUT2D eigenvalue weighted by Gasteiger charge is 2.28. The third-order valence-electron chi connectivity index (χ3n) is 4.34. The second kappa shape index (κ2) is 8.10. The van der Waals surface area contributed by atoms with Crippen molar-refractivity contribution < 1.29 is 0 Å². The number of hydrogen-bond donors (Lipinski definition) is 1. The Morgan fingerprint density at radius 3 is 2.53 bits per heavy atom. The van der Waals surface area contributed by atoms with Gasteiger partial charge in [-0.25, -0.2) is 0 Å². The first-order valence-electron chi connectivity index (χ1n) is 7.64. The molecule has 1 aliphatic rings. The quantitative estimate of drug-likeness (QED) is 0.735. The van der Waals surface area contributed by atoms with Gasteiger partial charge in [0.25, 0.3) is 0 Å². The summed E-state index contributed by atoms with van der Waals surface area (Å²) in [4.78, 5) is 2.76. The van der Waals surface area contributed by atoms with Crippen LogP contribution in [0, 0.1) is 5.92 Å². The third kappa shape index (κ3) is 4.59. The first-order chi connectivity index (χ1) is 8.22. The zero-order valence-electron chi connectivity index (χ0n) is 12.3. The minimum Gasteiger partial charge on any atom is -0.317 e. The van der Waals surface area contributed by atoms with Crippen molar-refractivity contribution in [3.05, 3.63) is 0 Å². The molecule has 0 amide bonds. The van der Waals surface area contributed by atoms with Gasteiger partial charge in [-0.3, -0.25) is 0 Å². The van der Waals surface area contributed by atoms with Crippen LogP contribution in [0.4, 0.5) is 0 Å². The van der Waals surface area contributed by atoms with E-state index < -0.39 is 0 Å². The summed E-state index contributed by atoms with van der Waals surface area (Å²) in [7, 11) is 2.11. The van der Waals surface area contributed by atoms with Crippen LogP contribution in [0.3, 0.4) is 0 Å². The first kappa shape index (κ1) is 15.0. The van der Waals surface area contributed by atoms with Gasteiger partial charge in [-0.2, -0.15) is 0 Å². The maximum absolute atomic E-state index is 3.46. The standard InChI is InChI=1S/C15H32N2/c1-5-7-9-14(8-6-2)17-11-10-15(16-4)13(3)12-17/h13-16H,5-12H2,1-4H3. The van der Waals surface area contributed by atoms with Gasteiger partial charge in [-0.15, -0.1) is 0 Å². The lowest BCUT2D eigenvalue weighted by molar-refractivity contribution is 0.0950. The largest absolute Gasteiger partial charge is 0.317 e. The molecule has 0 spiro atoms. The molecule has 1 rings (SSSR count). The Kier molecular flexibility index (Phi) is 7.14. The second-order valence-corrected chi connectivity index (χ2v) is 5.74. The number of nitrogens with one attached hydrogen (secondary N) is 1. The normalized spacial score (nSPS) is 28.2. The molecule has 0 aliphatic carbocycles. The van der Waals surface area contributed by atoms with Crippen LogP contribution >= 0.6 is 0 Å². The van der Waals surface area contributed by atoms with Crippen LogP contribution < -0.4 is 5.32 Å². The van der Waals surface area contributed by atoms with Gasteiger partial charge in [0.05, 0.1) is 0 Å². The molecule has 0 aromatic rings. The molecular formula is C15H32N2. The summed E-state index contributed by atoms with van der Waals surface area (Å²) in [5.41, 5.74) is 0. The Bertz CT molecular complexity index is 193. The Morgan fingerprint density at radius 1 is 1.24 bits per heavy atom. The van der Waals surface area contributed by atoms with Crippen LogP contribution in [0.25, 0.3) is 0 Å². The van der Waals surface area contributed by atoms with E-state index in [1.165, 1.54) is 51.6 Å². The van der Waals surface area contributed by atoms with Gasteiger partial charge < -0.3 is 10.2 Å². The lowest BCUT2D eigenvalue weighted by atomic mass is 9.91. The number of unbranched alkanes of at least 4 members (excludes halogenated alkanes) is 1. The summed E-state index contributed by atoms with van der Waals surface area (Å²) in [5.74, 6) is 0.801. The van der Waals surface area contributed by atoms with Crippen molar-refractivity contribution in [3.63, 3.8) is 0 Å². The average molecular weight is 240 g/mol. The molecule has 3 atom stereocenters. The molecule has 0 aromatic heterocycles. The molecule has 1 N–H and O–H groups in total. The number of rotatable bonds is 7. The maximum atomic E-state index is 3.46. The third-order valence-corrected chi connectivity index (χ3v) is 4.34. The van der Waals surface area contributed by atoms with Crippen molar-refractivity contribution in [2.24, 2.45) is 5.92 Å². The fraction of sp³-hybridized carbons (Fsp3) is 1.00. The van der Waals surface area contributed by atoms with Crippen LogP contribution in [0.1, 0.15) is 59.3 Å². The molecule has 2 heteroatoms. The monoisotopic (exact) mass is 240 g/mol. The van der Waals surface area contributed by atoms with E-state index in [0.29, 0.717) is 0 Å². The van der Waals surface area contributed by atoms with E-state index in [4.69, 9.17) is 0 Å². The van der Waals surface area contributed by atoms with Crippen LogP contribution in [0.2, 0.25) is 0 Å². The molecule has 1 fully saturated rings. The summed E-state index contributed by atoms with van der Waals surface area (Å²) in [6.45, 7) is 9.61. The van der Waals surface area contributed by atoms with Gasteiger partial charge in [-0.05, 0) is 38.8 Å². The topological polar surface area (TPSA) is 15.3 Å². The summed E-state index contributed by atoms with van der Waals surface area (Å²) in [5, 5.41) is 3.46. The number of hydrogen-bond acceptors (Lipinski definition) is 2. The molecule has 3 unspecified atom stereocenters. The number of likely N-dealkylation sites (tertiary alicyclic amines) is 1. The highest BCUT2D eigenvalue weighted by Crippen LogP contribution is 2.23. The van der Waals surface area contributed by atoms with E-state index in [0.717, 1.165) is 18.0 Å². The lowest BCUT2D eigenvalue weighted by Crippen LogP contribution is -2.50. The molecule has 0 saturated carbocycles. The summed E-state index contributed by atoms with van der Waals surface area (Å²) in [6, 6.07) is 1.58. The molecule has 1 saturated heterocycles. The zero-order valence-corrected chi connectivity index (χ0v) is 12.3. The van der Waals surface area contributed by atoms with Crippen molar-refractivity contribution in [1.82, 2.24) is 10.2 Å². The molecule has 2 nitrogen and oxygen atoms in total. The van der Waals surface area contributed by atoms with Crippen LogP contribution in [-0.2, 0) is 0 Å². The van der Waals surface area contributed by atoms with Gasteiger partial charge in [0, 0.05) is 18.6 Å². The lowest BCUT2D eigenvalue weighted by Gasteiger charge is -2.41. The SMILES string of the molecule is CCCCC(CCC)N1CCC(NC)C(C)C1. The Labute approximate surface area is 108 Å². The predicted octanol–water partition coefficient (Wildman–Crippen LogP) is 3.28. The second-order valence-electron chi connectivity index (χ2n) is 5.74. The highest BCUT2D eigenvalue weighted by atomic mass is 15.2. The summed E-state index contributed by atoms with van der Waals surface area (Å²) < 4.78 is 0. The Morgan fingerprint density at radius 2 is 2.00 bits per heavy atom. The van der Waals surface area contributed by atoms with Crippen molar-refractivity contribution in [2.75, 3.05) is 20.1 Å². The first-order valence-corrected chi connectivity index (χ1v) is 7.64. The van der Waals surface area contributed by atoms with Crippen molar-refractivity contribution in [2.45, 2.75) is 71.4 Å². The molecule has 1 heterocycles. The molecule has 0 radical (unpaired) electrons. The van der Waals surface area contributed by atoms with E-state index in [1.54, 1.807) is 0 Å². The van der Waals surface area contributed by atoms with Crippen molar-refractivity contribution >= 4 is 0 Å². The predicted molar refractivity (Wildman–Crippen MR) is 76.4 cm³/mol. The molecule has 17 heavy (non-hydrogen) atoms. The van der Waals surface area contributed by atoms with E-state index >= 15 is 0 Å². The highest BCUT2D eigenvalue weighted by molar-refractivity contribution is 4.85. The molecule has 0 bridgehead atoms. The fourth-order valence-electron chi connectivity index (χ4n) is 3.22. The smallest absolute Gasteiger partial charge is 0.0114 e. The minimum absolute atomic E-state index is 0.736. The van der Waals surface area contributed by atoms with Gasteiger partial charge >= 0.3 is 0 Å². The van der Waals surface area contributed by atoms with Crippen molar-refractivity contribution in [3.8, 4) is 0 Å².